The molecule has 18 heavy (non-hydrogen) atoms. The van der Waals surface area contributed by atoms with Crippen LogP contribution in [0.2, 0.25) is 0 Å². The lowest BCUT2D eigenvalue weighted by Gasteiger charge is -2.13. The molecule has 1 heterocycles. The van der Waals surface area contributed by atoms with Crippen molar-refractivity contribution in [2.24, 2.45) is 0 Å². The van der Waals surface area contributed by atoms with E-state index >= 15 is 0 Å². The highest BCUT2D eigenvalue weighted by molar-refractivity contribution is 9.13. The Bertz CT molecular complexity index is 501. The molecule has 0 fully saturated rings. The molecule has 0 saturated carbocycles. The first-order valence-electron chi connectivity index (χ1n) is 5.51. The molecule has 2 nitrogen and oxygen atoms in total. The highest BCUT2D eigenvalue weighted by Gasteiger charge is 2.03. The SMILES string of the molecule is CN(C)c1ccc(NCc2cc(Br)c(Br)s2)cc1. The van der Waals surface area contributed by atoms with Gasteiger partial charge in [-0.05, 0) is 62.2 Å². The van der Waals surface area contributed by atoms with Crippen molar-refractivity contribution in [3.63, 3.8) is 0 Å². The number of thiophene rings is 1. The van der Waals surface area contributed by atoms with Crippen molar-refractivity contribution in [3.05, 3.63) is 43.5 Å². The van der Waals surface area contributed by atoms with Gasteiger partial charge in [0, 0.05) is 41.4 Å². The van der Waals surface area contributed by atoms with E-state index in [1.807, 2.05) is 14.1 Å². The monoisotopic (exact) mass is 388 g/mol. The summed E-state index contributed by atoms with van der Waals surface area (Å²) in [6, 6.07) is 10.6. The third-order valence-electron chi connectivity index (χ3n) is 2.55. The van der Waals surface area contributed by atoms with Gasteiger partial charge in [0.15, 0.2) is 0 Å². The first kappa shape index (κ1) is 13.9. The summed E-state index contributed by atoms with van der Waals surface area (Å²) in [4.78, 5) is 3.39. The van der Waals surface area contributed by atoms with Crippen LogP contribution in [-0.4, -0.2) is 14.1 Å². The van der Waals surface area contributed by atoms with E-state index in [2.05, 4.69) is 72.4 Å². The zero-order valence-electron chi connectivity index (χ0n) is 10.2. The van der Waals surface area contributed by atoms with E-state index < -0.39 is 0 Å². The number of rotatable bonds is 4. The lowest BCUT2D eigenvalue weighted by Crippen LogP contribution is -2.08. The summed E-state index contributed by atoms with van der Waals surface area (Å²) in [5, 5.41) is 3.42. The van der Waals surface area contributed by atoms with Gasteiger partial charge in [-0.25, -0.2) is 0 Å². The number of hydrogen-bond donors (Lipinski definition) is 1. The Morgan fingerprint density at radius 1 is 1.17 bits per heavy atom. The Balaban J connectivity index is 1.97. The Morgan fingerprint density at radius 2 is 1.83 bits per heavy atom. The second-order valence-corrected chi connectivity index (χ2v) is 7.44. The Morgan fingerprint density at radius 3 is 2.33 bits per heavy atom. The van der Waals surface area contributed by atoms with E-state index in [9.17, 15) is 0 Å². The van der Waals surface area contributed by atoms with Gasteiger partial charge < -0.3 is 10.2 Å². The molecule has 0 atom stereocenters. The minimum absolute atomic E-state index is 0.843. The fraction of sp³-hybridized carbons (Fsp3) is 0.231. The predicted octanol–water partition coefficient (Wildman–Crippen LogP) is 4.95. The molecular formula is C13H14Br2N2S. The van der Waals surface area contributed by atoms with Crippen LogP contribution in [0.15, 0.2) is 38.6 Å². The van der Waals surface area contributed by atoms with Crippen molar-refractivity contribution in [1.29, 1.82) is 0 Å². The van der Waals surface area contributed by atoms with E-state index in [1.165, 1.54) is 10.6 Å². The Kier molecular flexibility index (Phi) is 4.70. The van der Waals surface area contributed by atoms with Crippen molar-refractivity contribution >= 4 is 54.6 Å². The molecule has 1 aromatic carbocycles. The topological polar surface area (TPSA) is 15.3 Å². The van der Waals surface area contributed by atoms with Crippen LogP contribution in [0.5, 0.6) is 0 Å². The van der Waals surface area contributed by atoms with Gasteiger partial charge in [-0.1, -0.05) is 0 Å². The molecule has 0 saturated heterocycles. The summed E-state index contributed by atoms with van der Waals surface area (Å²) in [6.45, 7) is 0.843. The van der Waals surface area contributed by atoms with Crippen molar-refractivity contribution in [2.45, 2.75) is 6.54 Å². The van der Waals surface area contributed by atoms with E-state index in [0.717, 1.165) is 20.5 Å². The van der Waals surface area contributed by atoms with Gasteiger partial charge >= 0.3 is 0 Å². The van der Waals surface area contributed by atoms with Crippen LogP contribution in [0, 0.1) is 0 Å². The third-order valence-corrected chi connectivity index (χ3v) is 5.80. The average molecular weight is 390 g/mol. The highest BCUT2D eigenvalue weighted by atomic mass is 79.9. The lowest BCUT2D eigenvalue weighted by atomic mass is 10.2. The molecule has 0 unspecified atom stereocenters. The largest absolute Gasteiger partial charge is 0.380 e. The molecule has 2 rings (SSSR count). The highest BCUT2D eigenvalue weighted by Crippen LogP contribution is 2.32. The predicted molar refractivity (Wildman–Crippen MR) is 87.8 cm³/mol. The number of nitrogens with one attached hydrogen (secondary N) is 1. The summed E-state index contributed by atoms with van der Waals surface area (Å²) in [6.07, 6.45) is 0. The molecule has 0 aliphatic carbocycles. The summed E-state index contributed by atoms with van der Waals surface area (Å²) < 4.78 is 2.26. The smallest absolute Gasteiger partial charge is 0.0843 e. The lowest BCUT2D eigenvalue weighted by molar-refractivity contribution is 1.13. The van der Waals surface area contributed by atoms with E-state index in [0.29, 0.717) is 0 Å². The van der Waals surface area contributed by atoms with Crippen molar-refractivity contribution in [1.82, 2.24) is 0 Å². The molecule has 2 aromatic rings. The summed E-state index contributed by atoms with van der Waals surface area (Å²) in [5.74, 6) is 0. The van der Waals surface area contributed by atoms with Crippen molar-refractivity contribution in [3.8, 4) is 0 Å². The van der Waals surface area contributed by atoms with Gasteiger partial charge in [0.05, 0.1) is 3.79 Å². The van der Waals surface area contributed by atoms with Gasteiger partial charge in [0.1, 0.15) is 0 Å². The van der Waals surface area contributed by atoms with E-state index in [-0.39, 0.29) is 0 Å². The van der Waals surface area contributed by atoms with Crippen LogP contribution in [0.25, 0.3) is 0 Å². The second kappa shape index (κ2) is 6.08. The zero-order chi connectivity index (χ0) is 13.1. The molecule has 0 aliphatic rings. The van der Waals surface area contributed by atoms with Crippen LogP contribution < -0.4 is 10.2 Å². The maximum absolute atomic E-state index is 3.51. The van der Waals surface area contributed by atoms with Crippen LogP contribution in [-0.2, 0) is 6.54 Å². The van der Waals surface area contributed by atoms with E-state index in [4.69, 9.17) is 0 Å². The molecule has 0 aliphatic heterocycles. The molecule has 5 heteroatoms. The normalized spacial score (nSPS) is 10.4. The molecule has 0 spiro atoms. The molecular weight excluding hydrogens is 376 g/mol. The number of halogens is 2. The molecule has 0 radical (unpaired) electrons. The summed E-state index contributed by atoms with van der Waals surface area (Å²) in [5.41, 5.74) is 2.35. The molecule has 0 amide bonds. The summed E-state index contributed by atoms with van der Waals surface area (Å²) in [7, 11) is 4.09. The standard InChI is InChI=1S/C13H14Br2N2S/c1-17(2)10-5-3-9(4-6-10)16-8-11-7-12(14)13(15)18-11/h3-7,16H,8H2,1-2H3. The van der Waals surface area contributed by atoms with Crippen molar-refractivity contribution in [2.75, 3.05) is 24.3 Å². The maximum atomic E-state index is 3.51. The summed E-state index contributed by atoms with van der Waals surface area (Å²) >= 11 is 8.74. The number of hydrogen-bond acceptors (Lipinski definition) is 3. The Hall–Kier alpha value is -0.520. The fourth-order valence-electron chi connectivity index (χ4n) is 1.55. The van der Waals surface area contributed by atoms with Gasteiger partial charge in [-0.15, -0.1) is 11.3 Å². The van der Waals surface area contributed by atoms with Crippen LogP contribution >= 0.6 is 43.2 Å². The average Bonchev–Trinajstić information content (AvgIpc) is 2.67. The van der Waals surface area contributed by atoms with Crippen LogP contribution in [0.1, 0.15) is 4.88 Å². The Labute approximate surface area is 128 Å². The maximum Gasteiger partial charge on any atom is 0.0843 e. The van der Waals surface area contributed by atoms with Crippen LogP contribution in [0.3, 0.4) is 0 Å². The second-order valence-electron chi connectivity index (χ2n) is 4.13. The fourth-order valence-corrected chi connectivity index (χ4v) is 3.66. The van der Waals surface area contributed by atoms with E-state index in [1.54, 1.807) is 11.3 Å². The molecule has 1 aromatic heterocycles. The minimum atomic E-state index is 0.843. The zero-order valence-corrected chi connectivity index (χ0v) is 14.2. The molecule has 0 bridgehead atoms. The minimum Gasteiger partial charge on any atom is -0.380 e. The molecule has 1 N–H and O–H groups in total. The third kappa shape index (κ3) is 3.49. The van der Waals surface area contributed by atoms with Crippen LogP contribution in [0.4, 0.5) is 11.4 Å². The quantitative estimate of drug-likeness (QED) is 0.795. The number of nitrogens with zero attached hydrogens (tertiary/aromatic N) is 1. The van der Waals surface area contributed by atoms with Gasteiger partial charge in [-0.3, -0.25) is 0 Å². The van der Waals surface area contributed by atoms with Crippen molar-refractivity contribution < 1.29 is 0 Å². The first-order valence-corrected chi connectivity index (χ1v) is 7.91. The molecule has 96 valence electrons. The number of anilines is 2. The first-order chi connectivity index (χ1) is 8.56. The van der Waals surface area contributed by atoms with Gasteiger partial charge in [-0.2, -0.15) is 0 Å². The van der Waals surface area contributed by atoms with Gasteiger partial charge in [0.25, 0.3) is 0 Å². The number of benzene rings is 1. The van der Waals surface area contributed by atoms with Gasteiger partial charge in [0.2, 0.25) is 0 Å².